The highest BCUT2D eigenvalue weighted by Crippen LogP contribution is 2.11. The minimum Gasteiger partial charge on any atom is -0.261 e. The number of hydrogen-bond acceptors (Lipinski definition) is 1. The molecule has 1 rings (SSSR count). The maximum absolute atomic E-state index is 4.46. The van der Waals surface area contributed by atoms with Crippen LogP contribution in [0.1, 0.15) is 6.92 Å². The van der Waals surface area contributed by atoms with Crippen molar-refractivity contribution in [3.05, 3.63) is 36.5 Å². The molecule has 0 bridgehead atoms. The van der Waals surface area contributed by atoms with E-state index in [0.717, 1.165) is 3.72 Å². The van der Waals surface area contributed by atoms with Crippen LogP contribution in [0.3, 0.4) is 0 Å². The largest absolute Gasteiger partial charge is 0.261 e. The molecule has 1 aliphatic heterocycles. The Hall–Kier alpha value is 0.350. The summed E-state index contributed by atoms with van der Waals surface area (Å²) in [5.74, 6) is 0.482. The Kier molecular flexibility index (Phi) is 5.23. The maximum atomic E-state index is 4.46. The van der Waals surface area contributed by atoms with Gasteiger partial charge in [0.15, 0.2) is 0 Å². The zero-order valence-corrected chi connectivity index (χ0v) is 11.6. The summed E-state index contributed by atoms with van der Waals surface area (Å²) in [6.45, 7) is 2.16. The van der Waals surface area contributed by atoms with Gasteiger partial charge in [-0.15, -0.1) is 0 Å². The van der Waals surface area contributed by atoms with E-state index in [4.69, 9.17) is 0 Å². The maximum Gasteiger partial charge on any atom is 0.121 e. The summed E-state index contributed by atoms with van der Waals surface area (Å²) in [7, 11) is 0. The van der Waals surface area contributed by atoms with Crippen LogP contribution in [0.2, 0.25) is 0 Å². The molecule has 1 heterocycles. The number of nitrogens with zero attached hydrogens (tertiary/aromatic N) is 1. The lowest BCUT2D eigenvalue weighted by Gasteiger charge is -2.01. The van der Waals surface area contributed by atoms with Crippen LogP contribution in [-0.4, -0.2) is 7.77 Å². The lowest BCUT2D eigenvalue weighted by Crippen LogP contribution is -1.93. The molecule has 0 aromatic carbocycles. The van der Waals surface area contributed by atoms with Crippen molar-refractivity contribution in [2.24, 2.45) is 10.9 Å². The van der Waals surface area contributed by atoms with Crippen molar-refractivity contribution in [2.75, 3.05) is 0 Å². The molecule has 0 fully saturated rings. The van der Waals surface area contributed by atoms with Crippen molar-refractivity contribution in [3.8, 4) is 0 Å². The summed E-state index contributed by atoms with van der Waals surface area (Å²) in [5, 5.41) is 0. The van der Waals surface area contributed by atoms with Gasteiger partial charge >= 0.3 is 0 Å². The van der Waals surface area contributed by atoms with Crippen LogP contribution < -0.4 is 0 Å². The number of rotatable bonds is 0. The molecule has 2 atom stereocenters. The van der Waals surface area contributed by atoms with E-state index in [0.29, 0.717) is 5.92 Å². The molecule has 3 heteroatoms. The van der Waals surface area contributed by atoms with Gasteiger partial charge in [-0.05, 0) is 34.6 Å². The molecule has 0 spiro atoms. The lowest BCUT2D eigenvalue weighted by molar-refractivity contribution is 0.941. The third-order valence-corrected chi connectivity index (χ3v) is 2.91. The average Bonchev–Trinajstić information content (AvgIpc) is 2.08. The zero-order chi connectivity index (χ0) is 9.68. The van der Waals surface area contributed by atoms with Crippen molar-refractivity contribution in [2.45, 2.75) is 11.0 Å². The Labute approximate surface area is 106 Å². The van der Waals surface area contributed by atoms with Gasteiger partial charge in [0.05, 0.1) is 3.72 Å². The number of hydrogen-bond donors (Lipinski definition) is 0. The fourth-order valence-electron chi connectivity index (χ4n) is 0.894. The smallest absolute Gasteiger partial charge is 0.121 e. The molecule has 0 saturated carbocycles. The summed E-state index contributed by atoms with van der Waals surface area (Å²) in [4.78, 5) is 4.46. The van der Waals surface area contributed by atoms with Gasteiger partial charge in [-0.3, -0.25) is 4.99 Å². The summed E-state index contributed by atoms with van der Waals surface area (Å²) in [6, 6.07) is 0. The Morgan fingerprint density at radius 1 is 1.23 bits per heavy atom. The van der Waals surface area contributed by atoms with E-state index in [1.807, 2.05) is 0 Å². The molecule has 1 nitrogen and oxygen atoms in total. The van der Waals surface area contributed by atoms with Crippen molar-refractivity contribution in [1.82, 2.24) is 0 Å². The quantitative estimate of drug-likeness (QED) is 0.333. The normalized spacial score (nSPS) is 33.6. The van der Waals surface area contributed by atoms with E-state index in [-0.39, 0.29) is 4.05 Å². The summed E-state index contributed by atoms with van der Waals surface area (Å²) < 4.78 is 1.30. The Bertz CT molecular complexity index is 277. The van der Waals surface area contributed by atoms with Gasteiger partial charge in [0, 0.05) is 0 Å². The van der Waals surface area contributed by atoms with Gasteiger partial charge in [0.25, 0.3) is 0 Å². The summed E-state index contributed by atoms with van der Waals surface area (Å²) in [5.41, 5.74) is 0. The fraction of sp³-hybridized carbons (Fsp3) is 0.300. The van der Waals surface area contributed by atoms with E-state index in [1.165, 1.54) is 0 Å². The van der Waals surface area contributed by atoms with Crippen LogP contribution >= 0.6 is 45.2 Å². The predicted octanol–water partition coefficient (Wildman–Crippen LogP) is 3.90. The van der Waals surface area contributed by atoms with Gasteiger partial charge in [-0.2, -0.15) is 0 Å². The van der Waals surface area contributed by atoms with E-state index in [1.54, 1.807) is 0 Å². The first-order valence-corrected chi connectivity index (χ1v) is 6.41. The van der Waals surface area contributed by atoms with Crippen molar-refractivity contribution in [1.29, 1.82) is 0 Å². The zero-order valence-electron chi connectivity index (χ0n) is 7.32. The van der Waals surface area contributed by atoms with Crippen molar-refractivity contribution >= 4 is 48.9 Å². The second kappa shape index (κ2) is 5.95. The highest BCUT2D eigenvalue weighted by atomic mass is 127. The molecule has 0 amide bonds. The molecule has 0 N–H and O–H groups in total. The molecule has 0 aliphatic carbocycles. The van der Waals surface area contributed by atoms with E-state index < -0.39 is 0 Å². The number of halogens is 2. The third kappa shape index (κ3) is 4.95. The van der Waals surface area contributed by atoms with Crippen LogP contribution in [0, 0.1) is 5.92 Å². The second-order valence-corrected chi connectivity index (χ2v) is 5.19. The van der Waals surface area contributed by atoms with Gasteiger partial charge in [-0.25, -0.2) is 0 Å². The van der Waals surface area contributed by atoms with E-state index in [2.05, 4.69) is 93.6 Å². The van der Waals surface area contributed by atoms with E-state index >= 15 is 0 Å². The molecule has 0 aromatic heterocycles. The lowest BCUT2D eigenvalue weighted by atomic mass is 10.1. The monoisotopic (exact) mass is 399 g/mol. The molecule has 13 heavy (non-hydrogen) atoms. The first-order chi connectivity index (χ1) is 6.18. The van der Waals surface area contributed by atoms with Crippen molar-refractivity contribution < 1.29 is 0 Å². The molecule has 0 radical (unpaired) electrons. The average molecular weight is 399 g/mol. The van der Waals surface area contributed by atoms with Gasteiger partial charge < -0.3 is 0 Å². The fourth-order valence-corrected chi connectivity index (χ4v) is 2.47. The molecular weight excluding hydrogens is 388 g/mol. The minimum absolute atomic E-state index is 0.243. The third-order valence-electron chi connectivity index (χ3n) is 1.58. The molecule has 70 valence electrons. The molecule has 2 unspecified atom stereocenters. The van der Waals surface area contributed by atoms with Gasteiger partial charge in [-0.1, -0.05) is 59.9 Å². The Morgan fingerprint density at radius 2 is 1.92 bits per heavy atom. The standard InChI is InChI=1S/C10H11I2N/c1-8-4-2-3-5-9(11)13-10(12)7-6-8/h2-9H,1H3/b4-2-,5-3-,7-6?,13-10?. The van der Waals surface area contributed by atoms with Crippen LogP contribution in [0.5, 0.6) is 0 Å². The number of alkyl halides is 1. The topological polar surface area (TPSA) is 12.4 Å². The molecule has 0 saturated heterocycles. The van der Waals surface area contributed by atoms with Crippen LogP contribution in [0.15, 0.2) is 41.4 Å². The molecule has 0 aromatic rings. The number of allylic oxidation sites excluding steroid dienone is 5. The van der Waals surface area contributed by atoms with Crippen molar-refractivity contribution in [3.63, 3.8) is 0 Å². The minimum atomic E-state index is 0.243. The summed E-state index contributed by atoms with van der Waals surface area (Å²) in [6.07, 6.45) is 12.6. The first-order valence-electron chi connectivity index (χ1n) is 4.09. The first kappa shape index (κ1) is 11.4. The highest BCUT2D eigenvalue weighted by Gasteiger charge is 1.97. The van der Waals surface area contributed by atoms with Gasteiger partial charge in [0.2, 0.25) is 0 Å². The summed E-state index contributed by atoms with van der Waals surface area (Å²) >= 11 is 4.56. The van der Waals surface area contributed by atoms with Crippen LogP contribution in [-0.2, 0) is 0 Å². The number of aliphatic imine (C=N–C) groups is 1. The molecule has 1 aliphatic rings. The van der Waals surface area contributed by atoms with Crippen LogP contribution in [0.25, 0.3) is 0 Å². The second-order valence-electron chi connectivity index (χ2n) is 2.81. The van der Waals surface area contributed by atoms with Gasteiger partial charge in [0.1, 0.15) is 4.05 Å². The SMILES string of the molecule is CC1C=CC(I)=NC(I)/C=C\C=C/1. The molecular formula is C10H11I2N. The van der Waals surface area contributed by atoms with Crippen LogP contribution in [0.4, 0.5) is 0 Å². The highest BCUT2D eigenvalue weighted by molar-refractivity contribution is 14.1. The Balaban J connectivity index is 2.83. The van der Waals surface area contributed by atoms with E-state index in [9.17, 15) is 0 Å². The Morgan fingerprint density at radius 3 is 2.69 bits per heavy atom. The predicted molar refractivity (Wildman–Crippen MR) is 75.8 cm³/mol.